The summed E-state index contributed by atoms with van der Waals surface area (Å²) in [7, 11) is 0. The zero-order chi connectivity index (χ0) is 11.2. The third kappa shape index (κ3) is 3.46. The Hall–Kier alpha value is -0.0800. The van der Waals surface area contributed by atoms with E-state index in [2.05, 4.69) is 4.90 Å². The van der Waals surface area contributed by atoms with Crippen LogP contribution < -0.4 is 0 Å². The third-order valence-electron chi connectivity index (χ3n) is 4.51. The van der Waals surface area contributed by atoms with Crippen LogP contribution >= 0.6 is 0 Å². The highest BCUT2D eigenvalue weighted by Crippen LogP contribution is 2.27. The van der Waals surface area contributed by atoms with Gasteiger partial charge < -0.3 is 5.11 Å². The number of hydrogen-bond donors (Lipinski definition) is 1. The Labute approximate surface area is 100 Å². The summed E-state index contributed by atoms with van der Waals surface area (Å²) >= 11 is 0. The molecule has 2 fully saturated rings. The SMILES string of the molecule is OC[C@H]1CCCCN1CCC1CCCCC1. The molecule has 1 aliphatic carbocycles. The second-order valence-corrected chi connectivity index (χ2v) is 5.66. The van der Waals surface area contributed by atoms with Crippen molar-refractivity contribution in [1.82, 2.24) is 4.90 Å². The van der Waals surface area contributed by atoms with Crippen LogP contribution in [0.1, 0.15) is 57.8 Å². The van der Waals surface area contributed by atoms with Gasteiger partial charge in [0.05, 0.1) is 6.61 Å². The van der Waals surface area contributed by atoms with Crippen LogP contribution in [0.25, 0.3) is 0 Å². The highest BCUT2D eigenvalue weighted by molar-refractivity contribution is 4.77. The molecule has 0 radical (unpaired) electrons. The normalized spacial score (nSPS) is 29.4. The van der Waals surface area contributed by atoms with Crippen molar-refractivity contribution >= 4 is 0 Å². The van der Waals surface area contributed by atoms with Crippen LogP contribution in [0.15, 0.2) is 0 Å². The van der Waals surface area contributed by atoms with Gasteiger partial charge in [0.2, 0.25) is 0 Å². The van der Waals surface area contributed by atoms with Crippen LogP contribution in [-0.4, -0.2) is 35.7 Å². The predicted molar refractivity (Wildman–Crippen MR) is 67.5 cm³/mol. The fraction of sp³-hybridized carbons (Fsp3) is 1.00. The van der Waals surface area contributed by atoms with Gasteiger partial charge >= 0.3 is 0 Å². The van der Waals surface area contributed by atoms with Gasteiger partial charge in [-0.1, -0.05) is 38.5 Å². The van der Waals surface area contributed by atoms with E-state index in [0.717, 1.165) is 5.92 Å². The van der Waals surface area contributed by atoms with E-state index < -0.39 is 0 Å². The summed E-state index contributed by atoms with van der Waals surface area (Å²) in [5.41, 5.74) is 0. The maximum absolute atomic E-state index is 9.36. The largest absolute Gasteiger partial charge is 0.395 e. The fourth-order valence-electron chi connectivity index (χ4n) is 3.39. The van der Waals surface area contributed by atoms with Crippen LogP contribution in [-0.2, 0) is 0 Å². The van der Waals surface area contributed by atoms with Crippen molar-refractivity contribution in [2.45, 2.75) is 63.8 Å². The van der Waals surface area contributed by atoms with E-state index in [1.165, 1.54) is 70.9 Å². The Morgan fingerprint density at radius 2 is 1.69 bits per heavy atom. The lowest BCUT2D eigenvalue weighted by atomic mass is 9.86. The number of aliphatic hydroxyl groups excluding tert-OH is 1. The standard InChI is InChI=1S/C14H27NO/c16-12-14-8-4-5-10-15(14)11-9-13-6-2-1-3-7-13/h13-14,16H,1-12H2/t14-/m1/s1. The average Bonchev–Trinajstić information content (AvgIpc) is 2.38. The molecule has 2 rings (SSSR count). The molecule has 2 nitrogen and oxygen atoms in total. The van der Waals surface area contributed by atoms with E-state index in [4.69, 9.17) is 0 Å². The molecule has 1 aliphatic heterocycles. The zero-order valence-electron chi connectivity index (χ0n) is 10.5. The second kappa shape index (κ2) is 6.61. The van der Waals surface area contributed by atoms with Gasteiger partial charge in [-0.25, -0.2) is 0 Å². The maximum atomic E-state index is 9.36. The molecule has 1 atom stereocenters. The summed E-state index contributed by atoms with van der Waals surface area (Å²) < 4.78 is 0. The van der Waals surface area contributed by atoms with E-state index in [1.54, 1.807) is 0 Å². The van der Waals surface area contributed by atoms with Crippen molar-refractivity contribution in [1.29, 1.82) is 0 Å². The van der Waals surface area contributed by atoms with Crippen molar-refractivity contribution < 1.29 is 5.11 Å². The smallest absolute Gasteiger partial charge is 0.0586 e. The lowest BCUT2D eigenvalue weighted by molar-refractivity contribution is 0.0827. The number of likely N-dealkylation sites (tertiary alicyclic amines) is 1. The first kappa shape index (κ1) is 12.4. The van der Waals surface area contributed by atoms with Crippen molar-refractivity contribution in [3.8, 4) is 0 Å². The molecular weight excluding hydrogens is 198 g/mol. The summed E-state index contributed by atoms with van der Waals surface area (Å²) in [6.07, 6.45) is 12.5. The topological polar surface area (TPSA) is 23.5 Å². The molecule has 2 aliphatic rings. The molecule has 1 N–H and O–H groups in total. The molecule has 0 unspecified atom stereocenters. The van der Waals surface area contributed by atoms with Crippen LogP contribution in [0, 0.1) is 5.92 Å². The lowest BCUT2D eigenvalue weighted by Gasteiger charge is -2.35. The van der Waals surface area contributed by atoms with Gasteiger partial charge in [-0.05, 0) is 38.3 Å². The summed E-state index contributed by atoms with van der Waals surface area (Å²) in [4.78, 5) is 2.54. The van der Waals surface area contributed by atoms with Gasteiger partial charge in [0.25, 0.3) is 0 Å². The number of nitrogens with zero attached hydrogens (tertiary/aromatic N) is 1. The van der Waals surface area contributed by atoms with Crippen molar-refractivity contribution in [3.63, 3.8) is 0 Å². The monoisotopic (exact) mass is 225 g/mol. The number of aliphatic hydroxyl groups is 1. The molecule has 0 aromatic heterocycles. The number of hydrogen-bond acceptors (Lipinski definition) is 2. The Bertz CT molecular complexity index is 189. The number of rotatable bonds is 4. The minimum atomic E-state index is 0.366. The maximum Gasteiger partial charge on any atom is 0.0586 e. The van der Waals surface area contributed by atoms with Gasteiger partial charge in [-0.3, -0.25) is 4.90 Å². The molecule has 1 saturated heterocycles. The molecule has 2 heteroatoms. The third-order valence-corrected chi connectivity index (χ3v) is 4.51. The van der Waals surface area contributed by atoms with E-state index in [0.29, 0.717) is 12.6 Å². The van der Waals surface area contributed by atoms with E-state index in [9.17, 15) is 5.11 Å². The lowest BCUT2D eigenvalue weighted by Crippen LogP contribution is -2.42. The van der Waals surface area contributed by atoms with Gasteiger partial charge in [-0.2, -0.15) is 0 Å². The Kier molecular flexibility index (Phi) is 5.11. The molecule has 0 spiro atoms. The van der Waals surface area contributed by atoms with Gasteiger partial charge in [0.15, 0.2) is 0 Å². The van der Waals surface area contributed by atoms with Crippen LogP contribution in [0.2, 0.25) is 0 Å². The Balaban J connectivity index is 1.70. The molecule has 0 amide bonds. The highest BCUT2D eigenvalue weighted by Gasteiger charge is 2.22. The predicted octanol–water partition coefficient (Wildman–Crippen LogP) is 2.80. The average molecular weight is 225 g/mol. The first-order valence-corrected chi connectivity index (χ1v) is 7.25. The van der Waals surface area contributed by atoms with E-state index in [-0.39, 0.29) is 0 Å². The molecule has 1 saturated carbocycles. The van der Waals surface area contributed by atoms with Gasteiger partial charge in [0, 0.05) is 6.04 Å². The summed E-state index contributed by atoms with van der Waals surface area (Å²) in [6.45, 7) is 2.82. The molecular formula is C14H27NO. The summed E-state index contributed by atoms with van der Waals surface area (Å²) in [5, 5.41) is 9.36. The highest BCUT2D eigenvalue weighted by atomic mass is 16.3. The van der Waals surface area contributed by atoms with Crippen LogP contribution in [0.4, 0.5) is 0 Å². The summed E-state index contributed by atoms with van der Waals surface area (Å²) in [5.74, 6) is 0.981. The molecule has 0 bridgehead atoms. The molecule has 0 aromatic carbocycles. The molecule has 0 aromatic rings. The summed E-state index contributed by atoms with van der Waals surface area (Å²) in [6, 6.07) is 0.470. The van der Waals surface area contributed by atoms with E-state index in [1.807, 2.05) is 0 Å². The van der Waals surface area contributed by atoms with Crippen molar-refractivity contribution in [3.05, 3.63) is 0 Å². The van der Waals surface area contributed by atoms with Gasteiger partial charge in [-0.15, -0.1) is 0 Å². The Morgan fingerprint density at radius 1 is 0.938 bits per heavy atom. The van der Waals surface area contributed by atoms with E-state index >= 15 is 0 Å². The molecule has 1 heterocycles. The molecule has 16 heavy (non-hydrogen) atoms. The fourth-order valence-corrected chi connectivity index (χ4v) is 3.39. The minimum Gasteiger partial charge on any atom is -0.395 e. The molecule has 94 valence electrons. The second-order valence-electron chi connectivity index (χ2n) is 5.66. The van der Waals surface area contributed by atoms with Crippen molar-refractivity contribution in [2.75, 3.05) is 19.7 Å². The van der Waals surface area contributed by atoms with Crippen LogP contribution in [0.5, 0.6) is 0 Å². The van der Waals surface area contributed by atoms with Gasteiger partial charge in [0.1, 0.15) is 0 Å². The first-order chi connectivity index (χ1) is 7.90. The minimum absolute atomic E-state index is 0.366. The van der Waals surface area contributed by atoms with Crippen molar-refractivity contribution in [2.24, 2.45) is 5.92 Å². The Morgan fingerprint density at radius 3 is 2.44 bits per heavy atom. The van der Waals surface area contributed by atoms with Crippen LogP contribution in [0.3, 0.4) is 0 Å². The number of piperidine rings is 1. The first-order valence-electron chi connectivity index (χ1n) is 7.25. The zero-order valence-corrected chi connectivity index (χ0v) is 10.5. The quantitative estimate of drug-likeness (QED) is 0.795.